The minimum Gasteiger partial charge on any atom is -0.497 e. The molecule has 0 saturated heterocycles. The summed E-state index contributed by atoms with van der Waals surface area (Å²) in [6, 6.07) is 15.1. The van der Waals surface area contributed by atoms with Gasteiger partial charge in [0.25, 0.3) is 0 Å². The van der Waals surface area contributed by atoms with Crippen LogP contribution in [-0.2, 0) is 16.0 Å². The summed E-state index contributed by atoms with van der Waals surface area (Å²) in [6.45, 7) is 0.784. The standard InChI is InChI=1S/C21H24N2O4/c1-26-17-6-4-7-18(14-17)27-12-11-22-20(24)10-9-16-13-15-5-2-3-8-19(15)23-21(16)25/h2-8,14,16H,9-13H2,1H3,(H,22,24)(H,23,25). The van der Waals surface area contributed by atoms with Gasteiger partial charge in [-0.2, -0.15) is 0 Å². The minimum atomic E-state index is -0.168. The number of methoxy groups -OCH3 is 1. The van der Waals surface area contributed by atoms with Gasteiger partial charge in [0.05, 0.1) is 13.7 Å². The van der Waals surface area contributed by atoms with Gasteiger partial charge in [0.15, 0.2) is 0 Å². The van der Waals surface area contributed by atoms with Crippen molar-refractivity contribution in [3.63, 3.8) is 0 Å². The van der Waals surface area contributed by atoms with Gasteiger partial charge in [0, 0.05) is 24.1 Å². The molecule has 0 aliphatic carbocycles. The molecule has 0 bridgehead atoms. The van der Waals surface area contributed by atoms with E-state index in [2.05, 4.69) is 10.6 Å². The lowest BCUT2D eigenvalue weighted by Gasteiger charge is -2.24. The summed E-state index contributed by atoms with van der Waals surface area (Å²) in [5, 5.41) is 5.74. The lowest BCUT2D eigenvalue weighted by Crippen LogP contribution is -2.32. The molecule has 1 aliphatic rings. The van der Waals surface area contributed by atoms with Gasteiger partial charge in [-0.15, -0.1) is 0 Å². The summed E-state index contributed by atoms with van der Waals surface area (Å²) < 4.78 is 10.7. The number of amides is 2. The average Bonchev–Trinajstić information content (AvgIpc) is 2.69. The number of rotatable bonds is 8. The van der Waals surface area contributed by atoms with E-state index < -0.39 is 0 Å². The van der Waals surface area contributed by atoms with Crippen molar-refractivity contribution in [3.8, 4) is 11.5 Å². The number of para-hydroxylation sites is 1. The first-order valence-electron chi connectivity index (χ1n) is 9.08. The minimum absolute atomic E-state index is 0.0112. The van der Waals surface area contributed by atoms with Crippen molar-refractivity contribution in [1.82, 2.24) is 5.32 Å². The molecule has 6 heteroatoms. The zero-order chi connectivity index (χ0) is 19.1. The molecule has 2 amide bonds. The Hall–Kier alpha value is -3.02. The number of anilines is 1. The molecule has 6 nitrogen and oxygen atoms in total. The van der Waals surface area contributed by atoms with Gasteiger partial charge in [-0.1, -0.05) is 24.3 Å². The topological polar surface area (TPSA) is 76.7 Å². The highest BCUT2D eigenvalue weighted by atomic mass is 16.5. The summed E-state index contributed by atoms with van der Waals surface area (Å²) >= 11 is 0. The molecule has 27 heavy (non-hydrogen) atoms. The van der Waals surface area contributed by atoms with E-state index in [4.69, 9.17) is 9.47 Å². The van der Waals surface area contributed by atoms with E-state index in [0.29, 0.717) is 38.2 Å². The molecule has 1 unspecified atom stereocenters. The zero-order valence-electron chi connectivity index (χ0n) is 15.4. The largest absolute Gasteiger partial charge is 0.497 e. The van der Waals surface area contributed by atoms with Crippen molar-refractivity contribution in [2.45, 2.75) is 19.3 Å². The Morgan fingerprint density at radius 2 is 2.00 bits per heavy atom. The Bertz CT molecular complexity index is 806. The number of hydrogen-bond donors (Lipinski definition) is 2. The second-order valence-corrected chi connectivity index (χ2v) is 6.46. The first-order valence-corrected chi connectivity index (χ1v) is 9.08. The van der Waals surface area contributed by atoms with Crippen molar-refractivity contribution >= 4 is 17.5 Å². The number of fused-ring (bicyclic) bond motifs is 1. The molecule has 0 fully saturated rings. The molecule has 1 heterocycles. The summed E-state index contributed by atoms with van der Waals surface area (Å²) in [5.74, 6) is 1.17. The van der Waals surface area contributed by atoms with E-state index in [0.717, 1.165) is 17.0 Å². The molecule has 0 saturated carbocycles. The van der Waals surface area contributed by atoms with Crippen LogP contribution in [0.15, 0.2) is 48.5 Å². The number of carbonyl (C=O) groups is 2. The van der Waals surface area contributed by atoms with E-state index in [9.17, 15) is 9.59 Å². The van der Waals surface area contributed by atoms with Gasteiger partial charge in [0.2, 0.25) is 11.8 Å². The van der Waals surface area contributed by atoms with Crippen LogP contribution in [0.2, 0.25) is 0 Å². The fourth-order valence-electron chi connectivity index (χ4n) is 3.09. The third kappa shape index (κ3) is 5.23. The lowest BCUT2D eigenvalue weighted by atomic mass is 9.89. The van der Waals surface area contributed by atoms with Gasteiger partial charge in [-0.25, -0.2) is 0 Å². The van der Waals surface area contributed by atoms with E-state index in [1.807, 2.05) is 42.5 Å². The first-order chi connectivity index (χ1) is 13.2. The highest BCUT2D eigenvalue weighted by Crippen LogP contribution is 2.27. The van der Waals surface area contributed by atoms with Crippen molar-refractivity contribution in [2.24, 2.45) is 5.92 Å². The summed E-state index contributed by atoms with van der Waals surface area (Å²) in [5.41, 5.74) is 1.99. The molecule has 142 valence electrons. The summed E-state index contributed by atoms with van der Waals surface area (Å²) in [4.78, 5) is 24.2. The van der Waals surface area contributed by atoms with Crippen LogP contribution in [0.5, 0.6) is 11.5 Å². The van der Waals surface area contributed by atoms with Crippen molar-refractivity contribution in [1.29, 1.82) is 0 Å². The molecule has 0 aromatic heterocycles. The Morgan fingerprint density at radius 1 is 1.19 bits per heavy atom. The fraction of sp³-hybridized carbons (Fsp3) is 0.333. The molecule has 0 radical (unpaired) electrons. The highest BCUT2D eigenvalue weighted by Gasteiger charge is 2.26. The molecule has 2 aromatic carbocycles. The molecule has 1 atom stereocenters. The van der Waals surface area contributed by atoms with E-state index in [1.54, 1.807) is 13.2 Å². The Morgan fingerprint density at radius 3 is 2.85 bits per heavy atom. The van der Waals surface area contributed by atoms with Crippen molar-refractivity contribution in [2.75, 3.05) is 25.6 Å². The van der Waals surface area contributed by atoms with Crippen LogP contribution in [0.25, 0.3) is 0 Å². The Kier molecular flexibility index (Phi) is 6.30. The molecular formula is C21H24N2O4. The molecule has 1 aliphatic heterocycles. The number of nitrogens with one attached hydrogen (secondary N) is 2. The van der Waals surface area contributed by atoms with E-state index in [1.165, 1.54) is 0 Å². The second-order valence-electron chi connectivity index (χ2n) is 6.46. The average molecular weight is 368 g/mol. The van der Waals surface area contributed by atoms with Crippen LogP contribution < -0.4 is 20.1 Å². The van der Waals surface area contributed by atoms with Gasteiger partial charge >= 0.3 is 0 Å². The maximum absolute atomic E-state index is 12.2. The Balaban J connectivity index is 1.37. The monoisotopic (exact) mass is 368 g/mol. The van der Waals surface area contributed by atoms with Crippen molar-refractivity contribution in [3.05, 3.63) is 54.1 Å². The lowest BCUT2D eigenvalue weighted by molar-refractivity contribution is -0.122. The van der Waals surface area contributed by atoms with Gasteiger partial charge in [0.1, 0.15) is 18.1 Å². The molecule has 2 aromatic rings. The predicted molar refractivity (Wildman–Crippen MR) is 103 cm³/mol. The van der Waals surface area contributed by atoms with Crippen LogP contribution in [0.3, 0.4) is 0 Å². The number of ether oxygens (including phenoxy) is 2. The van der Waals surface area contributed by atoms with E-state index in [-0.39, 0.29) is 17.7 Å². The number of carbonyl (C=O) groups excluding carboxylic acids is 2. The van der Waals surface area contributed by atoms with E-state index >= 15 is 0 Å². The normalized spacial score (nSPS) is 15.4. The van der Waals surface area contributed by atoms with Crippen LogP contribution in [0.4, 0.5) is 5.69 Å². The highest BCUT2D eigenvalue weighted by molar-refractivity contribution is 5.96. The third-order valence-corrected chi connectivity index (χ3v) is 4.57. The van der Waals surface area contributed by atoms with Gasteiger partial charge < -0.3 is 20.1 Å². The van der Waals surface area contributed by atoms with Gasteiger partial charge in [-0.3, -0.25) is 9.59 Å². The second kappa shape index (κ2) is 9.07. The van der Waals surface area contributed by atoms with Crippen LogP contribution in [0.1, 0.15) is 18.4 Å². The fourth-order valence-corrected chi connectivity index (χ4v) is 3.09. The predicted octanol–water partition coefficient (Wildman–Crippen LogP) is 2.78. The molecular weight excluding hydrogens is 344 g/mol. The first kappa shape index (κ1) is 18.8. The van der Waals surface area contributed by atoms with Crippen LogP contribution in [0, 0.1) is 5.92 Å². The maximum Gasteiger partial charge on any atom is 0.227 e. The molecule has 2 N–H and O–H groups in total. The maximum atomic E-state index is 12.2. The quantitative estimate of drug-likeness (QED) is 0.703. The number of benzene rings is 2. The summed E-state index contributed by atoms with van der Waals surface area (Å²) in [6.07, 6.45) is 1.52. The Labute approximate surface area is 158 Å². The SMILES string of the molecule is COc1cccc(OCCNC(=O)CCC2Cc3ccccc3NC2=O)c1. The van der Waals surface area contributed by atoms with Crippen molar-refractivity contribution < 1.29 is 19.1 Å². The third-order valence-electron chi connectivity index (χ3n) is 4.57. The molecule has 0 spiro atoms. The van der Waals surface area contributed by atoms with Gasteiger partial charge in [-0.05, 0) is 36.6 Å². The summed E-state index contributed by atoms with van der Waals surface area (Å²) in [7, 11) is 1.60. The zero-order valence-corrected chi connectivity index (χ0v) is 15.4. The smallest absolute Gasteiger partial charge is 0.227 e. The van der Waals surface area contributed by atoms with Crippen LogP contribution in [-0.4, -0.2) is 32.1 Å². The van der Waals surface area contributed by atoms with Crippen LogP contribution >= 0.6 is 0 Å². The molecule has 3 rings (SSSR count). The number of hydrogen-bond acceptors (Lipinski definition) is 4.